The second kappa shape index (κ2) is 4.52. The van der Waals surface area contributed by atoms with Crippen molar-refractivity contribution in [2.75, 3.05) is 12.1 Å². The molecule has 1 aromatic heterocycles. The Bertz CT molecular complexity index is 610. The van der Waals surface area contributed by atoms with Gasteiger partial charge in [-0.1, -0.05) is 0 Å². The van der Waals surface area contributed by atoms with Gasteiger partial charge in [-0.15, -0.1) is 0 Å². The maximum absolute atomic E-state index is 11.0. The van der Waals surface area contributed by atoms with Crippen LogP contribution in [0.4, 0.5) is 11.4 Å². The lowest BCUT2D eigenvalue weighted by molar-refractivity contribution is -0.384. The van der Waals surface area contributed by atoms with Gasteiger partial charge in [-0.05, 0) is 11.6 Å². The van der Waals surface area contributed by atoms with E-state index in [0.29, 0.717) is 23.7 Å². The second-order valence-electron chi connectivity index (χ2n) is 4.05. The van der Waals surface area contributed by atoms with E-state index in [1.54, 1.807) is 12.3 Å². The third-order valence-electron chi connectivity index (χ3n) is 2.83. The zero-order valence-electron chi connectivity index (χ0n) is 9.88. The van der Waals surface area contributed by atoms with Gasteiger partial charge < -0.3 is 19.8 Å². The lowest BCUT2D eigenvalue weighted by Crippen LogP contribution is -2.02. The summed E-state index contributed by atoms with van der Waals surface area (Å²) in [4.78, 5) is 13.5. The monoisotopic (exact) mass is 261 g/mol. The molecule has 0 bridgehead atoms. The molecular formula is C12H11N3O4. The van der Waals surface area contributed by atoms with Crippen LogP contribution in [0.5, 0.6) is 11.5 Å². The fourth-order valence-electron chi connectivity index (χ4n) is 1.89. The van der Waals surface area contributed by atoms with E-state index >= 15 is 0 Å². The summed E-state index contributed by atoms with van der Waals surface area (Å²) in [6, 6.07) is 4.86. The van der Waals surface area contributed by atoms with Gasteiger partial charge in [0.2, 0.25) is 6.79 Å². The van der Waals surface area contributed by atoms with E-state index in [-0.39, 0.29) is 12.5 Å². The molecule has 19 heavy (non-hydrogen) atoms. The number of nitro benzene ring substituents is 1. The summed E-state index contributed by atoms with van der Waals surface area (Å²) in [5.74, 6) is 0.918. The zero-order valence-corrected chi connectivity index (χ0v) is 9.88. The van der Waals surface area contributed by atoms with Gasteiger partial charge in [-0.3, -0.25) is 10.1 Å². The van der Waals surface area contributed by atoms with Gasteiger partial charge in [0.1, 0.15) is 5.69 Å². The Morgan fingerprint density at radius 1 is 1.37 bits per heavy atom. The number of nitro groups is 1. The number of rotatable bonds is 4. The number of aromatic amines is 1. The van der Waals surface area contributed by atoms with E-state index in [0.717, 1.165) is 5.56 Å². The average molecular weight is 261 g/mol. The molecule has 7 nitrogen and oxygen atoms in total. The van der Waals surface area contributed by atoms with Crippen molar-refractivity contribution in [1.82, 2.24) is 4.98 Å². The SMILES string of the molecule is O=[N+]([O-])c1cc2c(cc1NCc1cc[nH]c1)OCO2. The Labute approximate surface area is 108 Å². The summed E-state index contributed by atoms with van der Waals surface area (Å²) in [7, 11) is 0. The first-order chi connectivity index (χ1) is 9.24. The standard InChI is InChI=1S/C12H11N3O4/c16-15(17)10-4-12-11(18-7-19-12)3-9(10)14-6-8-1-2-13-5-8/h1-5,13-14H,6-7H2. The third kappa shape index (κ3) is 2.17. The smallest absolute Gasteiger partial charge is 0.296 e. The fourth-order valence-corrected chi connectivity index (χ4v) is 1.89. The van der Waals surface area contributed by atoms with Crippen molar-refractivity contribution in [2.24, 2.45) is 0 Å². The highest BCUT2D eigenvalue weighted by atomic mass is 16.7. The van der Waals surface area contributed by atoms with Crippen LogP contribution >= 0.6 is 0 Å². The third-order valence-corrected chi connectivity index (χ3v) is 2.83. The molecule has 98 valence electrons. The van der Waals surface area contributed by atoms with Crippen LogP contribution < -0.4 is 14.8 Å². The maximum atomic E-state index is 11.0. The minimum atomic E-state index is -0.443. The van der Waals surface area contributed by atoms with Crippen molar-refractivity contribution in [1.29, 1.82) is 0 Å². The molecule has 0 unspecified atom stereocenters. The summed E-state index contributed by atoms with van der Waals surface area (Å²) in [5, 5.41) is 14.1. The normalized spacial score (nSPS) is 12.4. The van der Waals surface area contributed by atoms with Gasteiger partial charge in [0.25, 0.3) is 5.69 Å². The highest BCUT2D eigenvalue weighted by molar-refractivity contribution is 5.69. The highest BCUT2D eigenvalue weighted by Gasteiger charge is 2.23. The minimum Gasteiger partial charge on any atom is -0.454 e. The van der Waals surface area contributed by atoms with Gasteiger partial charge >= 0.3 is 0 Å². The summed E-state index contributed by atoms with van der Waals surface area (Å²) in [6.07, 6.45) is 3.62. The molecule has 1 aromatic carbocycles. The van der Waals surface area contributed by atoms with Crippen molar-refractivity contribution >= 4 is 11.4 Å². The Morgan fingerprint density at radius 3 is 2.84 bits per heavy atom. The van der Waals surface area contributed by atoms with E-state index < -0.39 is 4.92 Å². The Balaban J connectivity index is 1.88. The molecule has 0 spiro atoms. The Morgan fingerprint density at radius 2 is 2.16 bits per heavy atom. The number of ether oxygens (including phenoxy) is 2. The molecule has 7 heteroatoms. The molecular weight excluding hydrogens is 250 g/mol. The van der Waals surface area contributed by atoms with E-state index in [9.17, 15) is 10.1 Å². The van der Waals surface area contributed by atoms with Crippen LogP contribution in [0.25, 0.3) is 0 Å². The fraction of sp³-hybridized carbons (Fsp3) is 0.167. The average Bonchev–Trinajstić information content (AvgIpc) is 3.05. The minimum absolute atomic E-state index is 0.0280. The predicted molar refractivity (Wildman–Crippen MR) is 67.3 cm³/mol. The summed E-state index contributed by atoms with van der Waals surface area (Å²) in [6.45, 7) is 0.581. The van der Waals surface area contributed by atoms with Gasteiger partial charge in [-0.25, -0.2) is 0 Å². The van der Waals surface area contributed by atoms with Gasteiger partial charge in [-0.2, -0.15) is 0 Å². The highest BCUT2D eigenvalue weighted by Crippen LogP contribution is 2.40. The van der Waals surface area contributed by atoms with Crippen LogP contribution in [0, 0.1) is 10.1 Å². The molecule has 2 N–H and O–H groups in total. The van der Waals surface area contributed by atoms with Crippen LogP contribution in [0.15, 0.2) is 30.6 Å². The lowest BCUT2D eigenvalue weighted by Gasteiger charge is -2.07. The maximum Gasteiger partial charge on any atom is 0.296 e. The number of nitrogens with zero attached hydrogens (tertiary/aromatic N) is 1. The Hall–Kier alpha value is -2.70. The molecule has 0 fully saturated rings. The van der Waals surface area contributed by atoms with Crippen LogP contribution in [-0.4, -0.2) is 16.7 Å². The largest absolute Gasteiger partial charge is 0.454 e. The van der Waals surface area contributed by atoms with Crippen molar-refractivity contribution in [3.8, 4) is 11.5 Å². The molecule has 0 amide bonds. The van der Waals surface area contributed by atoms with Crippen LogP contribution in [0.1, 0.15) is 5.56 Å². The summed E-state index contributed by atoms with van der Waals surface area (Å²) >= 11 is 0. The molecule has 2 heterocycles. The Kier molecular flexibility index (Phi) is 2.71. The number of benzene rings is 1. The predicted octanol–water partition coefficient (Wildman–Crippen LogP) is 2.26. The van der Waals surface area contributed by atoms with Crippen molar-refractivity contribution in [3.63, 3.8) is 0 Å². The number of H-pyrrole nitrogens is 1. The molecule has 0 saturated heterocycles. The molecule has 0 radical (unpaired) electrons. The van der Waals surface area contributed by atoms with Crippen molar-refractivity contribution < 1.29 is 14.4 Å². The number of nitrogens with one attached hydrogen (secondary N) is 2. The number of fused-ring (bicyclic) bond motifs is 1. The first-order valence-electron chi connectivity index (χ1n) is 5.67. The number of hydrogen-bond acceptors (Lipinski definition) is 5. The number of aromatic nitrogens is 1. The van der Waals surface area contributed by atoms with E-state index in [1.165, 1.54) is 6.07 Å². The molecule has 0 saturated carbocycles. The molecule has 3 rings (SSSR count). The zero-order chi connectivity index (χ0) is 13.2. The topological polar surface area (TPSA) is 89.4 Å². The van der Waals surface area contributed by atoms with Gasteiger partial charge in [0, 0.05) is 25.0 Å². The van der Waals surface area contributed by atoms with Crippen LogP contribution in [-0.2, 0) is 6.54 Å². The van der Waals surface area contributed by atoms with Crippen LogP contribution in [0.3, 0.4) is 0 Å². The molecule has 1 aliphatic heterocycles. The number of anilines is 1. The van der Waals surface area contributed by atoms with Gasteiger partial charge in [0.15, 0.2) is 11.5 Å². The lowest BCUT2D eigenvalue weighted by atomic mass is 10.2. The van der Waals surface area contributed by atoms with E-state index in [4.69, 9.17) is 9.47 Å². The summed E-state index contributed by atoms with van der Waals surface area (Å²) in [5.41, 5.74) is 1.39. The molecule has 0 atom stereocenters. The summed E-state index contributed by atoms with van der Waals surface area (Å²) < 4.78 is 10.4. The quantitative estimate of drug-likeness (QED) is 0.651. The molecule has 0 aliphatic carbocycles. The number of hydrogen-bond donors (Lipinski definition) is 2. The van der Waals surface area contributed by atoms with E-state index in [1.807, 2.05) is 12.3 Å². The van der Waals surface area contributed by atoms with Crippen molar-refractivity contribution in [2.45, 2.75) is 6.54 Å². The molecule has 2 aromatic rings. The first-order valence-corrected chi connectivity index (χ1v) is 5.67. The van der Waals surface area contributed by atoms with Crippen LogP contribution in [0.2, 0.25) is 0 Å². The molecule has 1 aliphatic rings. The second-order valence-corrected chi connectivity index (χ2v) is 4.05. The first kappa shape index (κ1) is 11.4. The van der Waals surface area contributed by atoms with E-state index in [2.05, 4.69) is 10.3 Å². The van der Waals surface area contributed by atoms with Gasteiger partial charge in [0.05, 0.1) is 11.0 Å². The van der Waals surface area contributed by atoms with Crippen molar-refractivity contribution in [3.05, 3.63) is 46.3 Å².